The van der Waals surface area contributed by atoms with E-state index in [1.165, 1.54) is 11.1 Å². The van der Waals surface area contributed by atoms with Crippen LogP contribution in [-0.2, 0) is 32.7 Å². The average Bonchev–Trinajstić information content (AvgIpc) is 2.05. The first-order chi connectivity index (χ1) is 4.84. The first-order valence-corrected chi connectivity index (χ1v) is 3.66. The molecule has 0 aromatic rings. The summed E-state index contributed by atoms with van der Waals surface area (Å²) in [5.74, 6) is 0. The Morgan fingerprint density at radius 1 is 1.45 bits per heavy atom. The van der Waals surface area contributed by atoms with Gasteiger partial charge in [0.2, 0.25) is 0 Å². The molecule has 11 heavy (non-hydrogen) atoms. The summed E-state index contributed by atoms with van der Waals surface area (Å²) >= 11 is 0. The van der Waals surface area contributed by atoms with Crippen molar-refractivity contribution < 1.29 is 32.7 Å². The van der Waals surface area contributed by atoms with E-state index in [1.807, 2.05) is 0 Å². The Kier molecular flexibility index (Phi) is 6.08. The van der Waals surface area contributed by atoms with E-state index in [2.05, 4.69) is 38.2 Å². The third-order valence-corrected chi connectivity index (χ3v) is 1.73. The van der Waals surface area contributed by atoms with Crippen molar-refractivity contribution in [3.8, 4) is 0 Å². The fraction of sp³-hybridized carbons (Fsp3) is 0.300. The molecule has 1 aliphatic carbocycles. The van der Waals surface area contributed by atoms with Crippen LogP contribution in [0.1, 0.15) is 19.8 Å². The third kappa shape index (κ3) is 3.49. The molecule has 1 aliphatic rings. The minimum absolute atomic E-state index is 0. The molecule has 1 rings (SSSR count). The van der Waals surface area contributed by atoms with E-state index in [1.54, 1.807) is 0 Å². The van der Waals surface area contributed by atoms with Gasteiger partial charge in [-0.15, -0.1) is 0 Å². The summed E-state index contributed by atoms with van der Waals surface area (Å²) in [5, 5.41) is 0. The van der Waals surface area contributed by atoms with Gasteiger partial charge in [-0.2, -0.15) is 6.42 Å². The zero-order valence-corrected chi connectivity index (χ0v) is 9.85. The van der Waals surface area contributed by atoms with Crippen molar-refractivity contribution in [1.29, 1.82) is 0 Å². The van der Waals surface area contributed by atoms with Crippen molar-refractivity contribution in [2.75, 3.05) is 0 Å². The molecule has 1 heteroatoms. The Balaban J connectivity index is 0.000001000. The van der Waals surface area contributed by atoms with Crippen LogP contribution in [0.15, 0.2) is 35.5 Å². The summed E-state index contributed by atoms with van der Waals surface area (Å²) in [6.07, 6.45) is 10.7. The molecule has 0 atom stereocenters. The van der Waals surface area contributed by atoms with E-state index in [4.69, 9.17) is 0 Å². The Labute approximate surface area is 94.3 Å². The fourth-order valence-corrected chi connectivity index (χ4v) is 0.953. The molecule has 0 bridgehead atoms. The Bertz CT molecular complexity index is 183. The van der Waals surface area contributed by atoms with Crippen LogP contribution in [-0.4, -0.2) is 0 Å². The number of hydrogen-bond donors (Lipinski definition) is 0. The normalized spacial score (nSPS) is 14.5. The maximum Gasteiger partial charge on any atom is 0 e. The van der Waals surface area contributed by atoms with E-state index in [9.17, 15) is 0 Å². The van der Waals surface area contributed by atoms with Gasteiger partial charge in [-0.1, -0.05) is 29.9 Å². The Morgan fingerprint density at radius 2 is 2.00 bits per heavy atom. The molecule has 1 radical (unpaired) electrons. The van der Waals surface area contributed by atoms with Gasteiger partial charge in [0.05, 0.1) is 0 Å². The van der Waals surface area contributed by atoms with Gasteiger partial charge in [0.15, 0.2) is 0 Å². The van der Waals surface area contributed by atoms with Crippen LogP contribution >= 0.6 is 0 Å². The van der Waals surface area contributed by atoms with Crippen LogP contribution in [0.2, 0.25) is 0 Å². The minimum Gasteiger partial charge on any atom is -0.339 e. The molecule has 0 N–H and O–H groups in total. The smallest absolute Gasteiger partial charge is 0 e. The molecule has 0 fully saturated rings. The Hall–Kier alpha value is 0.324. The molecule has 0 aromatic heterocycles. The van der Waals surface area contributed by atoms with E-state index in [-0.39, 0.29) is 32.7 Å². The maximum atomic E-state index is 3.84. The van der Waals surface area contributed by atoms with Gasteiger partial charge in [-0.05, 0) is 18.9 Å². The molecule has 0 amide bonds. The molecule has 0 heterocycles. The zero-order valence-electron chi connectivity index (χ0n) is 7.01. The number of rotatable bonds is 1. The van der Waals surface area contributed by atoms with Crippen LogP contribution in [0.4, 0.5) is 0 Å². The standard InChI is InChI=1S/C10H13.Y/c1-3-9(2)10-7-5-4-6-8-10;/h5-8H,1,3-4H2,2H3;/q-1;. The predicted molar refractivity (Wildman–Crippen MR) is 45.6 cm³/mol. The second-order valence-corrected chi connectivity index (χ2v) is 2.53. The van der Waals surface area contributed by atoms with Gasteiger partial charge in [0.25, 0.3) is 0 Å². The first kappa shape index (κ1) is 11.3. The summed E-state index contributed by atoms with van der Waals surface area (Å²) in [4.78, 5) is 0. The molecule has 0 saturated heterocycles. The molecular weight excluding hydrogens is 209 g/mol. The van der Waals surface area contributed by atoms with Crippen LogP contribution in [0.3, 0.4) is 0 Å². The van der Waals surface area contributed by atoms with E-state index in [0.717, 1.165) is 12.8 Å². The third-order valence-electron chi connectivity index (χ3n) is 1.73. The zero-order chi connectivity index (χ0) is 7.40. The average molecular weight is 222 g/mol. The summed E-state index contributed by atoms with van der Waals surface area (Å²) in [5.41, 5.74) is 2.70. The second-order valence-electron chi connectivity index (χ2n) is 2.53. The molecule has 0 aliphatic heterocycles. The van der Waals surface area contributed by atoms with Gasteiger partial charge in [-0.3, -0.25) is 0 Å². The fourth-order valence-electron chi connectivity index (χ4n) is 0.953. The summed E-state index contributed by atoms with van der Waals surface area (Å²) in [6, 6.07) is 0. The molecular formula is C10H13Y-. The van der Waals surface area contributed by atoms with Crippen LogP contribution in [0.5, 0.6) is 0 Å². The first-order valence-electron chi connectivity index (χ1n) is 3.66. The SMILES string of the molecule is [CH2-]CC(C)=C1C=CCC=C1.[Y]. The number of allylic oxidation sites excluding steroid dienone is 6. The van der Waals surface area contributed by atoms with Gasteiger partial charge >= 0.3 is 0 Å². The van der Waals surface area contributed by atoms with Crippen LogP contribution in [0.25, 0.3) is 0 Å². The molecule has 0 nitrogen and oxygen atoms in total. The minimum atomic E-state index is 0. The van der Waals surface area contributed by atoms with Crippen molar-refractivity contribution in [2.24, 2.45) is 0 Å². The van der Waals surface area contributed by atoms with E-state index in [0.29, 0.717) is 0 Å². The molecule has 0 unspecified atom stereocenters. The van der Waals surface area contributed by atoms with Crippen LogP contribution < -0.4 is 0 Å². The molecule has 0 spiro atoms. The Morgan fingerprint density at radius 3 is 2.45 bits per heavy atom. The van der Waals surface area contributed by atoms with Crippen molar-refractivity contribution in [3.05, 3.63) is 42.4 Å². The largest absolute Gasteiger partial charge is 0.339 e. The summed E-state index contributed by atoms with van der Waals surface area (Å²) in [6.45, 7) is 5.96. The topological polar surface area (TPSA) is 0 Å². The van der Waals surface area contributed by atoms with Crippen molar-refractivity contribution in [2.45, 2.75) is 19.8 Å². The van der Waals surface area contributed by atoms with Gasteiger partial charge in [0.1, 0.15) is 0 Å². The maximum absolute atomic E-state index is 3.84. The summed E-state index contributed by atoms with van der Waals surface area (Å²) < 4.78 is 0. The second kappa shape index (κ2) is 5.91. The van der Waals surface area contributed by atoms with Gasteiger partial charge in [0, 0.05) is 32.7 Å². The van der Waals surface area contributed by atoms with E-state index < -0.39 is 0 Å². The quantitative estimate of drug-likeness (QED) is 0.598. The van der Waals surface area contributed by atoms with Crippen LogP contribution in [0, 0.1) is 6.92 Å². The molecule has 0 aromatic carbocycles. The van der Waals surface area contributed by atoms with Crippen molar-refractivity contribution in [3.63, 3.8) is 0 Å². The van der Waals surface area contributed by atoms with E-state index >= 15 is 0 Å². The summed E-state index contributed by atoms with van der Waals surface area (Å²) in [7, 11) is 0. The monoisotopic (exact) mass is 222 g/mol. The number of hydrogen-bond acceptors (Lipinski definition) is 0. The van der Waals surface area contributed by atoms with Gasteiger partial charge in [-0.25, -0.2) is 0 Å². The molecule has 0 saturated carbocycles. The predicted octanol–water partition coefficient (Wildman–Crippen LogP) is 3.04. The van der Waals surface area contributed by atoms with Gasteiger partial charge < -0.3 is 6.92 Å². The molecule has 57 valence electrons. The van der Waals surface area contributed by atoms with Crippen molar-refractivity contribution >= 4 is 0 Å². The van der Waals surface area contributed by atoms with Crippen molar-refractivity contribution in [1.82, 2.24) is 0 Å².